The second-order valence-electron chi connectivity index (χ2n) is 3.75. The van der Waals surface area contributed by atoms with Crippen molar-refractivity contribution in [3.05, 3.63) is 22.7 Å². The van der Waals surface area contributed by atoms with Gasteiger partial charge >= 0.3 is 0 Å². The van der Waals surface area contributed by atoms with Crippen molar-refractivity contribution in [2.45, 2.75) is 34.6 Å². The van der Waals surface area contributed by atoms with Gasteiger partial charge in [-0.25, -0.2) is 0 Å². The van der Waals surface area contributed by atoms with Gasteiger partial charge in [0.05, 0.1) is 11.1 Å². The molecule has 108 valence electrons. The van der Waals surface area contributed by atoms with Crippen LogP contribution in [0.1, 0.15) is 34.6 Å². The van der Waals surface area contributed by atoms with Crippen molar-refractivity contribution < 1.29 is 48.9 Å². The zero-order valence-corrected chi connectivity index (χ0v) is 15.3. The molecule has 0 saturated carbocycles. The molecule has 0 aromatic carbocycles. The molecule has 0 saturated heterocycles. The van der Waals surface area contributed by atoms with Crippen molar-refractivity contribution in [1.82, 2.24) is 0 Å². The van der Waals surface area contributed by atoms with Crippen LogP contribution in [0.2, 0.25) is 0 Å². The summed E-state index contributed by atoms with van der Waals surface area (Å²) in [5.74, 6) is -1.64. The predicted octanol–water partition coefficient (Wildman–Crippen LogP) is 1.60. The molecule has 0 fully saturated rings. The van der Waals surface area contributed by atoms with Crippen LogP contribution in [-0.2, 0) is 38.7 Å². The molecule has 0 aromatic rings. The summed E-state index contributed by atoms with van der Waals surface area (Å²) in [6, 6.07) is 0. The third-order valence-corrected chi connectivity index (χ3v) is 1.95. The Hall–Kier alpha value is -1.62. The molecule has 0 bridgehead atoms. The number of hydrogen-bond donors (Lipinski definition) is 2. The number of ketones is 3. The molecule has 0 radical (unpaired) electrons. The van der Waals surface area contributed by atoms with Gasteiger partial charge in [0.2, 0.25) is 0 Å². The van der Waals surface area contributed by atoms with E-state index in [-0.39, 0.29) is 42.1 Å². The van der Waals surface area contributed by atoms with E-state index in [9.17, 15) is 19.2 Å². The zero-order valence-electron chi connectivity index (χ0n) is 12.3. The summed E-state index contributed by atoms with van der Waals surface area (Å²) in [4.78, 5) is 41.5. The maximum Gasteiger partial charge on any atom is 0.166 e. The Morgan fingerprint density at radius 3 is 1.10 bits per heavy atom. The molecule has 0 atom stereocenters. The van der Waals surface area contributed by atoms with Crippen molar-refractivity contribution in [1.29, 1.82) is 0 Å². The Kier molecular flexibility index (Phi) is 13.2. The molecular formula is C13H18O6Zn. The fraction of sp³-hybridized carbons (Fsp3) is 0.385. The Bertz CT molecular complexity index is 435. The van der Waals surface area contributed by atoms with Gasteiger partial charge < -0.3 is 10.2 Å². The van der Waals surface area contributed by atoms with Crippen molar-refractivity contribution in [3.8, 4) is 0 Å². The summed E-state index contributed by atoms with van der Waals surface area (Å²) in [6.07, 6.45) is 0.345. The fourth-order valence-electron chi connectivity index (χ4n) is 1.18. The van der Waals surface area contributed by atoms with Crippen LogP contribution < -0.4 is 0 Å². The molecule has 0 amide bonds. The molecule has 0 heterocycles. The first kappa shape index (κ1) is 23.5. The molecule has 0 aliphatic heterocycles. The van der Waals surface area contributed by atoms with Crippen LogP contribution in [0.4, 0.5) is 0 Å². The summed E-state index contributed by atoms with van der Waals surface area (Å²) in [6.45, 7) is 6.33. The van der Waals surface area contributed by atoms with Gasteiger partial charge in [-0.05, 0) is 34.6 Å². The number of aldehydes is 1. The van der Waals surface area contributed by atoms with Gasteiger partial charge in [0.25, 0.3) is 0 Å². The number of aliphatic hydroxyl groups is 2. The molecule has 0 unspecified atom stereocenters. The Morgan fingerprint density at radius 1 is 0.750 bits per heavy atom. The van der Waals surface area contributed by atoms with Gasteiger partial charge in [-0.1, -0.05) is 0 Å². The molecule has 0 aromatic heterocycles. The van der Waals surface area contributed by atoms with Gasteiger partial charge in [-0.3, -0.25) is 19.2 Å². The second-order valence-corrected chi connectivity index (χ2v) is 3.75. The van der Waals surface area contributed by atoms with Gasteiger partial charge in [-0.15, -0.1) is 0 Å². The van der Waals surface area contributed by atoms with Crippen molar-refractivity contribution in [2.75, 3.05) is 0 Å². The van der Waals surface area contributed by atoms with Crippen molar-refractivity contribution in [3.63, 3.8) is 0 Å². The van der Waals surface area contributed by atoms with Crippen LogP contribution in [-0.4, -0.2) is 33.8 Å². The number of hydrogen-bond acceptors (Lipinski definition) is 6. The number of carbonyl (C=O) groups is 4. The molecule has 20 heavy (non-hydrogen) atoms. The SMILES string of the molecule is CC(=O)/C(C=O)=C(\C)O.CC(=O)C(C(C)=O)=C(C)O.[Zn]. The molecule has 0 aliphatic carbocycles. The molecule has 7 heteroatoms. The largest absolute Gasteiger partial charge is 0.512 e. The number of rotatable bonds is 4. The van der Waals surface area contributed by atoms with E-state index in [1.807, 2.05) is 0 Å². The molecule has 0 rings (SSSR count). The van der Waals surface area contributed by atoms with E-state index < -0.39 is 17.3 Å². The molecule has 0 aliphatic rings. The average Bonchev–Trinajstić information content (AvgIpc) is 2.15. The first-order valence-electron chi connectivity index (χ1n) is 5.33. The van der Waals surface area contributed by atoms with E-state index in [1.54, 1.807) is 0 Å². The Balaban J connectivity index is -0.000000277. The van der Waals surface area contributed by atoms with Crippen molar-refractivity contribution >= 4 is 23.6 Å². The maximum absolute atomic E-state index is 10.6. The molecule has 0 spiro atoms. The first-order chi connectivity index (χ1) is 8.56. The molecule has 6 nitrogen and oxygen atoms in total. The van der Waals surface area contributed by atoms with Gasteiger partial charge in [-0.2, -0.15) is 0 Å². The molecular weight excluding hydrogens is 318 g/mol. The van der Waals surface area contributed by atoms with Crippen LogP contribution in [0.15, 0.2) is 22.7 Å². The summed E-state index contributed by atoms with van der Waals surface area (Å²) >= 11 is 0. The standard InChI is InChI=1S/C7H10O3.C6H8O3.Zn/c1-4(8)7(5(2)9)6(3)10;1-4(8)6(3-7)5(2)9;/h8H,1-3H3;3,8H,1-2H3;/b;6-4+;. The van der Waals surface area contributed by atoms with Crippen LogP contribution in [0, 0.1) is 0 Å². The monoisotopic (exact) mass is 334 g/mol. The topological polar surface area (TPSA) is 109 Å². The Morgan fingerprint density at radius 2 is 1.10 bits per heavy atom. The minimum Gasteiger partial charge on any atom is -0.512 e. The van der Waals surface area contributed by atoms with E-state index in [2.05, 4.69) is 0 Å². The smallest absolute Gasteiger partial charge is 0.166 e. The number of allylic oxidation sites excluding steroid dienone is 4. The Labute approximate surface area is 130 Å². The average molecular weight is 336 g/mol. The fourth-order valence-corrected chi connectivity index (χ4v) is 1.18. The van der Waals surface area contributed by atoms with E-state index in [0.29, 0.717) is 6.29 Å². The van der Waals surface area contributed by atoms with Crippen LogP contribution >= 0.6 is 0 Å². The van der Waals surface area contributed by atoms with Crippen LogP contribution in [0.25, 0.3) is 0 Å². The van der Waals surface area contributed by atoms with E-state index >= 15 is 0 Å². The minimum absolute atomic E-state index is 0. The quantitative estimate of drug-likeness (QED) is 0.202. The third kappa shape index (κ3) is 9.33. The maximum atomic E-state index is 10.6. The second kappa shape index (κ2) is 11.2. The van der Waals surface area contributed by atoms with E-state index in [4.69, 9.17) is 10.2 Å². The summed E-state index contributed by atoms with van der Waals surface area (Å²) in [5, 5.41) is 17.4. The minimum atomic E-state index is -0.412. The first-order valence-corrected chi connectivity index (χ1v) is 5.33. The zero-order chi connectivity index (χ0) is 15.7. The van der Waals surface area contributed by atoms with Crippen LogP contribution in [0.3, 0.4) is 0 Å². The molecule has 2 N–H and O–H groups in total. The van der Waals surface area contributed by atoms with E-state index in [1.165, 1.54) is 34.6 Å². The predicted molar refractivity (Wildman–Crippen MR) is 68.8 cm³/mol. The number of aliphatic hydroxyl groups excluding tert-OH is 2. The normalized spacial score (nSPS) is 9.85. The van der Waals surface area contributed by atoms with Gasteiger partial charge in [0, 0.05) is 19.5 Å². The van der Waals surface area contributed by atoms with E-state index in [0.717, 1.165) is 0 Å². The number of Topliss-reactive ketones (excluding diaryl/α,β-unsaturated/α-hetero) is 3. The summed E-state index contributed by atoms with van der Waals surface area (Å²) in [7, 11) is 0. The summed E-state index contributed by atoms with van der Waals surface area (Å²) < 4.78 is 0. The van der Waals surface area contributed by atoms with Gasteiger partial charge in [0.15, 0.2) is 23.6 Å². The summed E-state index contributed by atoms with van der Waals surface area (Å²) in [5.41, 5.74) is -0.269. The third-order valence-electron chi connectivity index (χ3n) is 1.95. The van der Waals surface area contributed by atoms with Crippen molar-refractivity contribution in [2.24, 2.45) is 0 Å². The van der Waals surface area contributed by atoms with Gasteiger partial charge in [0.1, 0.15) is 11.5 Å². The number of carbonyl (C=O) groups excluding carboxylic acids is 4. The van der Waals surface area contributed by atoms with Crippen LogP contribution in [0.5, 0.6) is 0 Å².